The van der Waals surface area contributed by atoms with E-state index in [0.29, 0.717) is 16.5 Å². The van der Waals surface area contributed by atoms with E-state index in [0.717, 1.165) is 31.7 Å². The fourth-order valence-corrected chi connectivity index (χ4v) is 3.73. The van der Waals surface area contributed by atoms with Crippen molar-refractivity contribution in [1.82, 2.24) is 4.90 Å². The predicted octanol–water partition coefficient (Wildman–Crippen LogP) is 4.66. The van der Waals surface area contributed by atoms with Crippen molar-refractivity contribution in [3.05, 3.63) is 82.1 Å². The van der Waals surface area contributed by atoms with Crippen LogP contribution in [0, 0.1) is 17.0 Å². The van der Waals surface area contributed by atoms with Crippen molar-refractivity contribution in [3.8, 4) is 11.3 Å². The molecule has 1 aliphatic rings. The number of benzene rings is 2. The summed E-state index contributed by atoms with van der Waals surface area (Å²) in [4.78, 5) is 15.6. The molecule has 7 heteroatoms. The van der Waals surface area contributed by atoms with Gasteiger partial charge in [-0.1, -0.05) is 29.9 Å². The topological polar surface area (TPSA) is 62.8 Å². The van der Waals surface area contributed by atoms with Gasteiger partial charge in [0.2, 0.25) is 0 Å². The second-order valence-electron chi connectivity index (χ2n) is 7.08. The van der Waals surface area contributed by atoms with Crippen LogP contribution in [0.25, 0.3) is 11.3 Å². The highest BCUT2D eigenvalue weighted by Gasteiger charge is 2.22. The van der Waals surface area contributed by atoms with Gasteiger partial charge in [-0.3, -0.25) is 10.1 Å². The third kappa shape index (κ3) is 4.14. The molecule has 0 aliphatic carbocycles. The van der Waals surface area contributed by atoms with E-state index in [1.807, 2.05) is 12.1 Å². The Hall–Kier alpha value is -3.19. The first-order valence-corrected chi connectivity index (χ1v) is 9.87. The van der Waals surface area contributed by atoms with E-state index in [9.17, 15) is 10.1 Å². The van der Waals surface area contributed by atoms with Crippen LogP contribution < -0.4 is 4.90 Å². The van der Waals surface area contributed by atoms with Gasteiger partial charge < -0.3 is 14.2 Å². The van der Waals surface area contributed by atoms with Crippen molar-refractivity contribution in [1.29, 1.82) is 0 Å². The van der Waals surface area contributed by atoms with E-state index in [-0.39, 0.29) is 5.69 Å². The average Bonchev–Trinajstić information content (AvgIpc) is 3.24. The number of non-ortho nitro benzene ring substituents is 1. The summed E-state index contributed by atoms with van der Waals surface area (Å²) in [6.07, 6.45) is 0. The quantitative estimate of drug-likeness (QED) is 0.356. The molecule has 0 radical (unpaired) electrons. The number of nitro benzene ring substituents is 1. The second-order valence-corrected chi connectivity index (χ2v) is 7.47. The van der Waals surface area contributed by atoms with Gasteiger partial charge >= 0.3 is 0 Å². The third-order valence-corrected chi connectivity index (χ3v) is 5.60. The highest BCUT2D eigenvalue weighted by Crippen LogP contribution is 2.26. The SMILES string of the molecule is Cc1ccc(N2CCN(C(=S)c3ccc(-c4ccc([N+](=O)[O-])cc4)o3)CC2)cc1. The van der Waals surface area contributed by atoms with E-state index < -0.39 is 4.92 Å². The van der Waals surface area contributed by atoms with Gasteiger partial charge in [-0.15, -0.1) is 0 Å². The van der Waals surface area contributed by atoms with Crippen LogP contribution in [0.2, 0.25) is 0 Å². The van der Waals surface area contributed by atoms with Crippen molar-refractivity contribution in [2.24, 2.45) is 0 Å². The third-order valence-electron chi connectivity index (χ3n) is 5.15. The van der Waals surface area contributed by atoms with Gasteiger partial charge in [0.1, 0.15) is 10.7 Å². The maximum Gasteiger partial charge on any atom is 0.269 e. The molecule has 0 atom stereocenters. The number of hydrogen-bond acceptors (Lipinski definition) is 5. The van der Waals surface area contributed by atoms with Crippen LogP contribution in [0.5, 0.6) is 0 Å². The number of rotatable bonds is 4. The first-order chi connectivity index (χ1) is 14.0. The van der Waals surface area contributed by atoms with Gasteiger partial charge in [-0.05, 0) is 43.3 Å². The number of aryl methyl sites for hydroxylation is 1. The fraction of sp³-hybridized carbons (Fsp3) is 0.227. The molecule has 1 saturated heterocycles. The molecule has 0 amide bonds. The van der Waals surface area contributed by atoms with Crippen LogP contribution in [0.4, 0.5) is 11.4 Å². The number of thiocarbonyl (C=S) groups is 1. The van der Waals surface area contributed by atoms with Crippen LogP contribution in [0.15, 0.2) is 65.1 Å². The Kier molecular flexibility index (Phi) is 5.31. The van der Waals surface area contributed by atoms with Crippen LogP contribution in [0.1, 0.15) is 11.3 Å². The summed E-state index contributed by atoms with van der Waals surface area (Å²) in [6.45, 7) is 5.56. The molecule has 0 spiro atoms. The first kappa shape index (κ1) is 19.1. The second kappa shape index (κ2) is 8.05. The minimum Gasteiger partial charge on any atom is -0.454 e. The zero-order valence-electron chi connectivity index (χ0n) is 16.1. The Morgan fingerprint density at radius 1 is 0.966 bits per heavy atom. The lowest BCUT2D eigenvalue weighted by atomic mass is 10.1. The van der Waals surface area contributed by atoms with Gasteiger partial charge in [0.25, 0.3) is 5.69 Å². The molecular weight excluding hydrogens is 386 g/mol. The van der Waals surface area contributed by atoms with Crippen LogP contribution in [-0.2, 0) is 0 Å². The highest BCUT2D eigenvalue weighted by atomic mass is 32.1. The van der Waals surface area contributed by atoms with E-state index in [1.165, 1.54) is 23.4 Å². The van der Waals surface area contributed by atoms with Gasteiger partial charge in [0.05, 0.1) is 4.92 Å². The molecule has 2 heterocycles. The van der Waals surface area contributed by atoms with E-state index in [1.54, 1.807) is 12.1 Å². The molecule has 1 fully saturated rings. The summed E-state index contributed by atoms with van der Waals surface area (Å²) >= 11 is 5.66. The highest BCUT2D eigenvalue weighted by molar-refractivity contribution is 7.80. The summed E-state index contributed by atoms with van der Waals surface area (Å²) in [5, 5.41) is 10.8. The molecular formula is C22H21N3O3S. The molecule has 4 rings (SSSR count). The number of hydrogen-bond donors (Lipinski definition) is 0. The van der Waals surface area contributed by atoms with Crippen molar-refractivity contribution in [2.45, 2.75) is 6.92 Å². The van der Waals surface area contributed by atoms with Crippen molar-refractivity contribution >= 4 is 28.6 Å². The largest absolute Gasteiger partial charge is 0.454 e. The smallest absolute Gasteiger partial charge is 0.269 e. The van der Waals surface area contributed by atoms with Crippen LogP contribution in [-0.4, -0.2) is 41.0 Å². The molecule has 6 nitrogen and oxygen atoms in total. The Bertz CT molecular complexity index is 1020. The number of nitro groups is 1. The van der Waals surface area contributed by atoms with Gasteiger partial charge in [-0.2, -0.15) is 0 Å². The minimum absolute atomic E-state index is 0.0579. The number of anilines is 1. The standard InChI is InChI=1S/C22H21N3O3S/c1-16-2-6-18(7-3-16)23-12-14-24(15-13-23)22(29)21-11-10-20(28-21)17-4-8-19(9-5-17)25(26)27/h2-11H,12-15H2,1H3. The lowest BCUT2D eigenvalue weighted by molar-refractivity contribution is -0.384. The number of piperazine rings is 1. The monoisotopic (exact) mass is 407 g/mol. The van der Waals surface area contributed by atoms with E-state index in [4.69, 9.17) is 16.6 Å². The number of furan rings is 1. The fourth-order valence-electron chi connectivity index (χ4n) is 3.43. The van der Waals surface area contributed by atoms with E-state index >= 15 is 0 Å². The summed E-state index contributed by atoms with van der Waals surface area (Å²) in [5.41, 5.74) is 3.34. The predicted molar refractivity (Wildman–Crippen MR) is 117 cm³/mol. The van der Waals surface area contributed by atoms with Crippen LogP contribution >= 0.6 is 12.2 Å². The summed E-state index contributed by atoms with van der Waals surface area (Å²) < 4.78 is 5.94. The minimum atomic E-state index is -0.414. The molecule has 1 aliphatic heterocycles. The molecule has 0 saturated carbocycles. The molecule has 0 unspecified atom stereocenters. The molecule has 0 bridgehead atoms. The Morgan fingerprint density at radius 2 is 1.62 bits per heavy atom. The van der Waals surface area contributed by atoms with Crippen LogP contribution in [0.3, 0.4) is 0 Å². The number of nitrogens with zero attached hydrogens (tertiary/aromatic N) is 3. The summed E-state index contributed by atoms with van der Waals surface area (Å²) in [6, 6.07) is 18.6. The van der Waals surface area contributed by atoms with E-state index in [2.05, 4.69) is 41.0 Å². The first-order valence-electron chi connectivity index (χ1n) is 9.47. The Morgan fingerprint density at radius 3 is 2.24 bits per heavy atom. The summed E-state index contributed by atoms with van der Waals surface area (Å²) in [7, 11) is 0. The molecule has 0 N–H and O–H groups in total. The zero-order valence-corrected chi connectivity index (χ0v) is 16.9. The summed E-state index contributed by atoms with van der Waals surface area (Å²) in [5.74, 6) is 1.30. The Balaban J connectivity index is 1.40. The maximum atomic E-state index is 10.8. The van der Waals surface area contributed by atoms with Crippen molar-refractivity contribution < 1.29 is 9.34 Å². The van der Waals surface area contributed by atoms with Crippen molar-refractivity contribution in [3.63, 3.8) is 0 Å². The average molecular weight is 407 g/mol. The maximum absolute atomic E-state index is 10.8. The molecule has 148 valence electrons. The van der Waals surface area contributed by atoms with Gasteiger partial charge in [-0.25, -0.2) is 0 Å². The lowest BCUT2D eigenvalue weighted by Crippen LogP contribution is -2.48. The van der Waals surface area contributed by atoms with Gasteiger partial charge in [0.15, 0.2) is 5.76 Å². The lowest BCUT2D eigenvalue weighted by Gasteiger charge is -2.37. The normalized spacial score (nSPS) is 14.1. The van der Waals surface area contributed by atoms with Crippen molar-refractivity contribution in [2.75, 3.05) is 31.1 Å². The molecule has 29 heavy (non-hydrogen) atoms. The van der Waals surface area contributed by atoms with Gasteiger partial charge in [0, 0.05) is 49.6 Å². The molecule has 2 aromatic carbocycles. The Labute approximate surface area is 174 Å². The molecule has 1 aromatic heterocycles. The molecule has 3 aromatic rings. The zero-order chi connectivity index (χ0) is 20.4.